The summed E-state index contributed by atoms with van der Waals surface area (Å²) in [5.74, 6) is 2.97. The van der Waals surface area contributed by atoms with E-state index in [1.54, 1.807) is 6.20 Å². The molecule has 126 valence electrons. The van der Waals surface area contributed by atoms with Gasteiger partial charge in [-0.2, -0.15) is 11.8 Å². The molecule has 1 atom stereocenters. The third-order valence-electron chi connectivity index (χ3n) is 4.17. The lowest BCUT2D eigenvalue weighted by Gasteiger charge is -2.31. The van der Waals surface area contributed by atoms with E-state index in [4.69, 9.17) is 0 Å². The van der Waals surface area contributed by atoms with Crippen molar-refractivity contribution in [1.29, 1.82) is 0 Å². The fourth-order valence-electron chi connectivity index (χ4n) is 2.75. The maximum absolute atomic E-state index is 12.5. The highest BCUT2D eigenvalue weighted by Crippen LogP contribution is 2.21. The first-order valence-corrected chi connectivity index (χ1v) is 9.32. The fourth-order valence-corrected chi connectivity index (χ4v) is 3.68. The van der Waals surface area contributed by atoms with Gasteiger partial charge in [0.2, 0.25) is 5.91 Å². The molecule has 1 aliphatic heterocycles. The van der Waals surface area contributed by atoms with E-state index in [1.165, 1.54) is 0 Å². The Morgan fingerprint density at radius 1 is 1.29 bits per heavy atom. The van der Waals surface area contributed by atoms with Gasteiger partial charge in [0.25, 0.3) is 0 Å². The number of aryl methyl sites for hydroxylation is 1. The molecule has 3 rings (SSSR count). The van der Waals surface area contributed by atoms with Crippen molar-refractivity contribution in [2.45, 2.75) is 19.9 Å². The summed E-state index contributed by atoms with van der Waals surface area (Å²) in [6, 6.07) is 9.55. The van der Waals surface area contributed by atoms with Gasteiger partial charge in [-0.3, -0.25) is 9.69 Å². The number of amides is 1. The summed E-state index contributed by atoms with van der Waals surface area (Å²) in [6.07, 6.45) is 1.75. The van der Waals surface area contributed by atoms with Crippen LogP contribution in [0.4, 0.5) is 5.69 Å². The summed E-state index contributed by atoms with van der Waals surface area (Å²) in [6.45, 7) is 5.79. The predicted molar refractivity (Wildman–Crippen MR) is 99.2 cm³/mol. The van der Waals surface area contributed by atoms with Crippen LogP contribution in [0.1, 0.15) is 12.7 Å². The number of anilines is 1. The molecule has 1 aliphatic rings. The summed E-state index contributed by atoms with van der Waals surface area (Å²) in [4.78, 5) is 23.3. The molecule has 0 unspecified atom stereocenters. The van der Waals surface area contributed by atoms with Crippen LogP contribution >= 0.6 is 11.8 Å². The lowest BCUT2D eigenvalue weighted by atomic mass is 10.1. The van der Waals surface area contributed by atoms with Gasteiger partial charge in [-0.15, -0.1) is 0 Å². The lowest BCUT2D eigenvalue weighted by Crippen LogP contribution is -2.46. The van der Waals surface area contributed by atoms with Crippen molar-refractivity contribution in [3.63, 3.8) is 0 Å². The summed E-state index contributed by atoms with van der Waals surface area (Å²) in [7, 11) is 0. The van der Waals surface area contributed by atoms with Gasteiger partial charge in [0.15, 0.2) is 0 Å². The van der Waals surface area contributed by atoms with E-state index in [-0.39, 0.29) is 11.9 Å². The maximum atomic E-state index is 12.5. The Morgan fingerprint density at radius 2 is 2.08 bits per heavy atom. The number of nitrogens with one attached hydrogen (secondary N) is 1. The van der Waals surface area contributed by atoms with Crippen molar-refractivity contribution in [2.75, 3.05) is 29.9 Å². The van der Waals surface area contributed by atoms with Gasteiger partial charge in [-0.25, -0.2) is 9.97 Å². The Morgan fingerprint density at radius 3 is 2.83 bits per heavy atom. The Balaban J connectivity index is 1.71. The Labute approximate surface area is 146 Å². The molecule has 6 heteroatoms. The van der Waals surface area contributed by atoms with Crippen LogP contribution in [0.2, 0.25) is 0 Å². The second-order valence-corrected chi connectivity index (χ2v) is 7.11. The van der Waals surface area contributed by atoms with Crippen molar-refractivity contribution < 1.29 is 4.79 Å². The van der Waals surface area contributed by atoms with Crippen molar-refractivity contribution >= 4 is 23.4 Å². The van der Waals surface area contributed by atoms with Crippen LogP contribution in [0.25, 0.3) is 11.3 Å². The normalized spacial score (nSPS) is 16.6. The summed E-state index contributed by atoms with van der Waals surface area (Å²) < 4.78 is 0. The number of carbonyl (C=O) groups excluding carboxylic acids is 1. The van der Waals surface area contributed by atoms with E-state index in [1.807, 2.05) is 55.9 Å². The van der Waals surface area contributed by atoms with Crippen molar-refractivity contribution in [3.8, 4) is 11.3 Å². The molecular weight excluding hydrogens is 320 g/mol. The Bertz CT molecular complexity index is 716. The number of carbonyl (C=O) groups is 1. The maximum Gasteiger partial charge on any atom is 0.241 e. The number of nitrogens with zero attached hydrogens (tertiary/aromatic N) is 3. The molecule has 0 bridgehead atoms. The molecule has 2 heterocycles. The molecule has 1 saturated heterocycles. The fraction of sp³-hybridized carbons (Fsp3) is 0.389. The molecule has 1 N–H and O–H groups in total. The SMILES string of the molecule is Cc1nccc(-c2cccc(NC(=O)[C@H](C)N3CCSCC3)c2)n1. The zero-order valence-electron chi connectivity index (χ0n) is 14.0. The Hall–Kier alpha value is -1.92. The van der Waals surface area contributed by atoms with E-state index in [9.17, 15) is 4.79 Å². The molecular formula is C18H22N4OS. The zero-order chi connectivity index (χ0) is 16.9. The van der Waals surface area contributed by atoms with Crippen LogP contribution in [0, 0.1) is 6.92 Å². The number of benzene rings is 1. The first kappa shape index (κ1) is 16.9. The molecule has 24 heavy (non-hydrogen) atoms. The van der Waals surface area contributed by atoms with Crippen LogP contribution in [0.15, 0.2) is 36.5 Å². The van der Waals surface area contributed by atoms with Gasteiger partial charge >= 0.3 is 0 Å². The molecule has 0 radical (unpaired) electrons. The molecule has 1 aromatic carbocycles. The summed E-state index contributed by atoms with van der Waals surface area (Å²) in [5.41, 5.74) is 2.63. The van der Waals surface area contributed by atoms with E-state index < -0.39 is 0 Å². The Kier molecular flexibility index (Phi) is 5.48. The van der Waals surface area contributed by atoms with Crippen molar-refractivity contribution in [1.82, 2.24) is 14.9 Å². The minimum absolute atomic E-state index is 0.0397. The van der Waals surface area contributed by atoms with Gasteiger partial charge in [-0.05, 0) is 32.0 Å². The van der Waals surface area contributed by atoms with Gasteiger partial charge < -0.3 is 5.32 Å². The van der Waals surface area contributed by atoms with Gasteiger partial charge in [0.05, 0.1) is 11.7 Å². The molecule has 1 amide bonds. The van der Waals surface area contributed by atoms with Crippen LogP contribution in [-0.4, -0.2) is 51.4 Å². The van der Waals surface area contributed by atoms with Crippen LogP contribution < -0.4 is 5.32 Å². The highest BCUT2D eigenvalue weighted by atomic mass is 32.2. The number of aromatic nitrogens is 2. The van der Waals surface area contributed by atoms with E-state index in [0.717, 1.165) is 47.4 Å². The highest BCUT2D eigenvalue weighted by Gasteiger charge is 2.23. The predicted octanol–water partition coefficient (Wildman–Crippen LogP) is 2.83. The average Bonchev–Trinajstić information content (AvgIpc) is 2.62. The largest absolute Gasteiger partial charge is 0.325 e. The third-order valence-corrected chi connectivity index (χ3v) is 5.12. The van der Waals surface area contributed by atoms with Gasteiger partial charge in [-0.1, -0.05) is 12.1 Å². The minimum atomic E-state index is -0.115. The number of rotatable bonds is 4. The van der Waals surface area contributed by atoms with Crippen molar-refractivity contribution in [2.24, 2.45) is 0 Å². The van der Waals surface area contributed by atoms with Crippen LogP contribution in [-0.2, 0) is 4.79 Å². The number of hydrogen-bond donors (Lipinski definition) is 1. The molecule has 0 saturated carbocycles. The zero-order valence-corrected chi connectivity index (χ0v) is 14.8. The molecule has 1 fully saturated rings. The van der Waals surface area contributed by atoms with Crippen LogP contribution in [0.3, 0.4) is 0 Å². The molecule has 0 aliphatic carbocycles. The highest BCUT2D eigenvalue weighted by molar-refractivity contribution is 7.99. The smallest absolute Gasteiger partial charge is 0.241 e. The van der Waals surface area contributed by atoms with Gasteiger partial charge in [0, 0.05) is 42.0 Å². The molecule has 1 aromatic heterocycles. The number of thioether (sulfide) groups is 1. The second kappa shape index (κ2) is 7.77. The van der Waals surface area contributed by atoms with E-state index in [0.29, 0.717) is 0 Å². The topological polar surface area (TPSA) is 58.1 Å². The summed E-state index contributed by atoms with van der Waals surface area (Å²) >= 11 is 1.95. The van der Waals surface area contributed by atoms with E-state index in [2.05, 4.69) is 20.2 Å². The third kappa shape index (κ3) is 4.13. The second-order valence-electron chi connectivity index (χ2n) is 5.88. The summed E-state index contributed by atoms with van der Waals surface area (Å²) in [5, 5.41) is 3.03. The number of hydrogen-bond acceptors (Lipinski definition) is 5. The van der Waals surface area contributed by atoms with Gasteiger partial charge in [0.1, 0.15) is 5.82 Å². The van der Waals surface area contributed by atoms with Crippen molar-refractivity contribution in [3.05, 3.63) is 42.4 Å². The minimum Gasteiger partial charge on any atom is -0.325 e. The molecule has 0 spiro atoms. The average molecular weight is 342 g/mol. The first-order valence-electron chi connectivity index (χ1n) is 8.16. The standard InChI is InChI=1S/C18H22N4OS/c1-13(22-8-10-24-11-9-22)18(23)21-16-5-3-4-15(12-16)17-6-7-19-14(2)20-17/h3-7,12-13H,8-11H2,1-2H3,(H,21,23)/t13-/m0/s1. The molecule has 5 nitrogen and oxygen atoms in total. The van der Waals surface area contributed by atoms with Crippen LogP contribution in [0.5, 0.6) is 0 Å². The molecule has 2 aromatic rings. The van der Waals surface area contributed by atoms with E-state index >= 15 is 0 Å². The first-order chi connectivity index (χ1) is 11.6. The lowest BCUT2D eigenvalue weighted by molar-refractivity contribution is -0.120. The monoisotopic (exact) mass is 342 g/mol. The quantitative estimate of drug-likeness (QED) is 0.926.